The van der Waals surface area contributed by atoms with Crippen molar-refractivity contribution in [3.05, 3.63) is 35.9 Å². The second-order valence-electron chi connectivity index (χ2n) is 4.58. The Kier molecular flexibility index (Phi) is 3.39. The molecule has 0 bridgehead atoms. The Hall–Kier alpha value is -0.860. The molecular weight excluding hydrogens is 186 g/mol. The van der Waals surface area contributed by atoms with Crippen molar-refractivity contribution in [2.75, 3.05) is 13.1 Å². The van der Waals surface area contributed by atoms with Crippen LogP contribution >= 0.6 is 0 Å². The maximum absolute atomic E-state index is 10.1. The van der Waals surface area contributed by atoms with E-state index in [0.717, 1.165) is 19.5 Å². The maximum Gasteiger partial charge on any atom is 0.0621 e. The largest absolute Gasteiger partial charge is 0.392 e. The molecule has 0 saturated carbocycles. The molecule has 1 saturated heterocycles. The van der Waals surface area contributed by atoms with Gasteiger partial charge in [-0.2, -0.15) is 0 Å². The SMILES string of the molecule is CC1CNCC(Cc2ccccc2)C1O. The van der Waals surface area contributed by atoms with Crippen LogP contribution in [0.3, 0.4) is 0 Å². The van der Waals surface area contributed by atoms with Crippen LogP contribution in [-0.2, 0) is 6.42 Å². The van der Waals surface area contributed by atoms with Crippen molar-refractivity contribution in [1.82, 2.24) is 5.32 Å². The quantitative estimate of drug-likeness (QED) is 0.766. The van der Waals surface area contributed by atoms with Gasteiger partial charge in [-0.3, -0.25) is 0 Å². The van der Waals surface area contributed by atoms with Crippen molar-refractivity contribution < 1.29 is 5.11 Å². The minimum absolute atomic E-state index is 0.161. The monoisotopic (exact) mass is 205 g/mol. The van der Waals surface area contributed by atoms with Gasteiger partial charge in [0.05, 0.1) is 6.10 Å². The Labute approximate surface area is 91.3 Å². The van der Waals surface area contributed by atoms with Gasteiger partial charge in [-0.05, 0) is 17.9 Å². The summed E-state index contributed by atoms with van der Waals surface area (Å²) in [6, 6.07) is 10.4. The van der Waals surface area contributed by atoms with Gasteiger partial charge in [0, 0.05) is 19.0 Å². The minimum Gasteiger partial charge on any atom is -0.392 e. The second-order valence-corrected chi connectivity index (χ2v) is 4.58. The number of nitrogens with one attached hydrogen (secondary N) is 1. The molecule has 1 aliphatic heterocycles. The number of piperidine rings is 1. The first-order chi connectivity index (χ1) is 7.27. The summed E-state index contributed by atoms with van der Waals surface area (Å²) < 4.78 is 0. The lowest BCUT2D eigenvalue weighted by Crippen LogP contribution is -2.46. The first-order valence-corrected chi connectivity index (χ1v) is 5.70. The van der Waals surface area contributed by atoms with E-state index in [9.17, 15) is 5.11 Å². The summed E-state index contributed by atoms with van der Waals surface area (Å²) in [7, 11) is 0. The van der Waals surface area contributed by atoms with E-state index in [2.05, 4.69) is 36.5 Å². The normalized spacial score (nSPS) is 31.5. The molecule has 2 heteroatoms. The average molecular weight is 205 g/mol. The van der Waals surface area contributed by atoms with Crippen LogP contribution in [0.15, 0.2) is 30.3 Å². The van der Waals surface area contributed by atoms with Gasteiger partial charge < -0.3 is 10.4 Å². The summed E-state index contributed by atoms with van der Waals surface area (Å²) in [5.41, 5.74) is 1.32. The maximum atomic E-state index is 10.1. The van der Waals surface area contributed by atoms with E-state index in [1.165, 1.54) is 5.56 Å². The standard InChI is InChI=1S/C13H19NO/c1-10-8-14-9-12(13(10)15)7-11-5-3-2-4-6-11/h2-6,10,12-15H,7-9H2,1H3. The highest BCUT2D eigenvalue weighted by atomic mass is 16.3. The van der Waals surface area contributed by atoms with Gasteiger partial charge in [-0.1, -0.05) is 37.3 Å². The van der Waals surface area contributed by atoms with Gasteiger partial charge in [-0.25, -0.2) is 0 Å². The van der Waals surface area contributed by atoms with Crippen molar-refractivity contribution in [1.29, 1.82) is 0 Å². The van der Waals surface area contributed by atoms with Crippen LogP contribution in [0, 0.1) is 11.8 Å². The Morgan fingerprint density at radius 3 is 2.73 bits per heavy atom. The van der Waals surface area contributed by atoms with Crippen LogP contribution in [0.5, 0.6) is 0 Å². The van der Waals surface area contributed by atoms with Crippen LogP contribution < -0.4 is 5.32 Å². The van der Waals surface area contributed by atoms with E-state index in [0.29, 0.717) is 11.8 Å². The third-order valence-corrected chi connectivity index (χ3v) is 3.28. The van der Waals surface area contributed by atoms with E-state index in [1.54, 1.807) is 0 Å². The van der Waals surface area contributed by atoms with E-state index >= 15 is 0 Å². The summed E-state index contributed by atoms with van der Waals surface area (Å²) in [4.78, 5) is 0. The van der Waals surface area contributed by atoms with Crippen molar-refractivity contribution in [3.63, 3.8) is 0 Å². The highest BCUT2D eigenvalue weighted by molar-refractivity contribution is 5.15. The minimum atomic E-state index is -0.161. The Balaban J connectivity index is 1.99. The lowest BCUT2D eigenvalue weighted by Gasteiger charge is -2.33. The molecule has 1 aromatic rings. The van der Waals surface area contributed by atoms with Crippen molar-refractivity contribution in [2.24, 2.45) is 11.8 Å². The fourth-order valence-corrected chi connectivity index (χ4v) is 2.31. The fraction of sp³-hybridized carbons (Fsp3) is 0.538. The van der Waals surface area contributed by atoms with Gasteiger partial charge in [0.15, 0.2) is 0 Å². The molecule has 0 amide bonds. The predicted octanol–water partition coefficient (Wildman–Crippen LogP) is 1.45. The van der Waals surface area contributed by atoms with Gasteiger partial charge >= 0.3 is 0 Å². The zero-order valence-electron chi connectivity index (χ0n) is 9.19. The fourth-order valence-electron chi connectivity index (χ4n) is 2.31. The van der Waals surface area contributed by atoms with Crippen LogP contribution in [0.1, 0.15) is 12.5 Å². The summed E-state index contributed by atoms with van der Waals surface area (Å²) >= 11 is 0. The summed E-state index contributed by atoms with van der Waals surface area (Å²) in [5, 5.41) is 13.4. The molecule has 1 aromatic carbocycles. The Morgan fingerprint density at radius 2 is 2.00 bits per heavy atom. The van der Waals surface area contributed by atoms with E-state index in [4.69, 9.17) is 0 Å². The molecule has 0 aliphatic carbocycles. The summed E-state index contributed by atoms with van der Waals surface area (Å²) in [5.74, 6) is 0.726. The van der Waals surface area contributed by atoms with Crippen molar-refractivity contribution >= 4 is 0 Å². The molecule has 2 N–H and O–H groups in total. The molecule has 0 radical (unpaired) electrons. The number of rotatable bonds is 2. The third-order valence-electron chi connectivity index (χ3n) is 3.28. The lowest BCUT2D eigenvalue weighted by molar-refractivity contribution is 0.0355. The molecule has 3 atom stereocenters. The molecule has 1 aliphatic rings. The molecule has 1 heterocycles. The Bertz CT molecular complexity index is 299. The number of benzene rings is 1. The third kappa shape index (κ3) is 2.58. The molecule has 2 rings (SSSR count). The van der Waals surface area contributed by atoms with Crippen molar-refractivity contribution in [2.45, 2.75) is 19.4 Å². The van der Waals surface area contributed by atoms with Gasteiger partial charge in [0.2, 0.25) is 0 Å². The molecule has 0 aromatic heterocycles. The van der Waals surface area contributed by atoms with Crippen LogP contribution in [0.4, 0.5) is 0 Å². The van der Waals surface area contributed by atoms with E-state index < -0.39 is 0 Å². The van der Waals surface area contributed by atoms with Gasteiger partial charge in [0.25, 0.3) is 0 Å². The molecule has 82 valence electrons. The van der Waals surface area contributed by atoms with E-state index in [1.807, 2.05) is 6.07 Å². The summed E-state index contributed by atoms with van der Waals surface area (Å²) in [6.07, 6.45) is 0.811. The summed E-state index contributed by atoms with van der Waals surface area (Å²) in [6.45, 7) is 3.97. The molecular formula is C13H19NO. The number of aliphatic hydroxyl groups excluding tert-OH is 1. The molecule has 15 heavy (non-hydrogen) atoms. The first-order valence-electron chi connectivity index (χ1n) is 5.70. The predicted molar refractivity (Wildman–Crippen MR) is 61.7 cm³/mol. The zero-order chi connectivity index (χ0) is 10.7. The van der Waals surface area contributed by atoms with Crippen molar-refractivity contribution in [3.8, 4) is 0 Å². The van der Waals surface area contributed by atoms with E-state index in [-0.39, 0.29) is 6.10 Å². The molecule has 2 nitrogen and oxygen atoms in total. The lowest BCUT2D eigenvalue weighted by atomic mass is 9.84. The topological polar surface area (TPSA) is 32.3 Å². The highest BCUT2D eigenvalue weighted by Crippen LogP contribution is 2.20. The van der Waals surface area contributed by atoms with Crippen LogP contribution in [0.2, 0.25) is 0 Å². The second kappa shape index (κ2) is 4.77. The number of hydrogen-bond donors (Lipinski definition) is 2. The van der Waals surface area contributed by atoms with Crippen LogP contribution in [-0.4, -0.2) is 24.3 Å². The molecule has 1 fully saturated rings. The molecule has 3 unspecified atom stereocenters. The number of aliphatic hydroxyl groups is 1. The number of hydrogen-bond acceptors (Lipinski definition) is 2. The Morgan fingerprint density at radius 1 is 1.27 bits per heavy atom. The highest BCUT2D eigenvalue weighted by Gasteiger charge is 2.28. The molecule has 0 spiro atoms. The zero-order valence-corrected chi connectivity index (χ0v) is 9.19. The van der Waals surface area contributed by atoms with Crippen LogP contribution in [0.25, 0.3) is 0 Å². The first kappa shape index (κ1) is 10.7. The van der Waals surface area contributed by atoms with Gasteiger partial charge in [0.1, 0.15) is 0 Å². The van der Waals surface area contributed by atoms with Gasteiger partial charge in [-0.15, -0.1) is 0 Å². The smallest absolute Gasteiger partial charge is 0.0621 e. The average Bonchev–Trinajstić information content (AvgIpc) is 2.26.